The zero-order chi connectivity index (χ0) is 15.0. The summed E-state index contributed by atoms with van der Waals surface area (Å²) in [4.78, 5) is 15.7. The SMILES string of the molecule is NNC(=O)c1cnc(NC2(c3c(F)cccc3F)CC2)s1. The lowest BCUT2D eigenvalue weighted by atomic mass is 10.0. The molecule has 1 saturated carbocycles. The lowest BCUT2D eigenvalue weighted by Gasteiger charge is -2.18. The highest BCUT2D eigenvalue weighted by Crippen LogP contribution is 2.50. The number of hydrazine groups is 1. The minimum absolute atomic E-state index is 0.0185. The molecule has 2 aromatic rings. The van der Waals surface area contributed by atoms with Gasteiger partial charge in [0, 0.05) is 5.56 Å². The molecule has 0 radical (unpaired) electrons. The lowest BCUT2D eigenvalue weighted by molar-refractivity contribution is 0.0957. The van der Waals surface area contributed by atoms with Gasteiger partial charge in [-0.15, -0.1) is 0 Å². The molecule has 110 valence electrons. The summed E-state index contributed by atoms with van der Waals surface area (Å²) in [7, 11) is 0. The average Bonchev–Trinajstić information content (AvgIpc) is 3.06. The van der Waals surface area contributed by atoms with Gasteiger partial charge in [-0.2, -0.15) is 0 Å². The topological polar surface area (TPSA) is 80.0 Å². The number of nitrogen functional groups attached to an aromatic ring is 1. The number of nitrogens with zero attached hydrogens (tertiary/aromatic N) is 1. The summed E-state index contributed by atoms with van der Waals surface area (Å²) < 4.78 is 27.8. The fourth-order valence-corrected chi connectivity index (χ4v) is 3.05. The van der Waals surface area contributed by atoms with E-state index in [0.29, 0.717) is 22.9 Å². The van der Waals surface area contributed by atoms with E-state index in [1.807, 2.05) is 5.43 Å². The molecule has 8 heteroatoms. The zero-order valence-corrected chi connectivity index (χ0v) is 11.6. The molecule has 1 aliphatic carbocycles. The van der Waals surface area contributed by atoms with Gasteiger partial charge in [-0.25, -0.2) is 19.6 Å². The Morgan fingerprint density at radius 3 is 2.57 bits per heavy atom. The predicted octanol–water partition coefficient (Wildman–Crippen LogP) is 2.13. The number of nitrogens with two attached hydrogens (primary N) is 1. The van der Waals surface area contributed by atoms with Crippen LogP contribution in [0, 0.1) is 11.6 Å². The van der Waals surface area contributed by atoms with Crippen molar-refractivity contribution in [2.75, 3.05) is 5.32 Å². The molecule has 1 heterocycles. The highest BCUT2D eigenvalue weighted by atomic mass is 32.1. The van der Waals surface area contributed by atoms with Crippen LogP contribution in [-0.4, -0.2) is 10.9 Å². The molecule has 0 unspecified atom stereocenters. The first-order chi connectivity index (χ1) is 10.1. The fourth-order valence-electron chi connectivity index (χ4n) is 2.23. The van der Waals surface area contributed by atoms with Crippen molar-refractivity contribution in [1.29, 1.82) is 0 Å². The number of aromatic nitrogens is 1. The number of halogens is 2. The van der Waals surface area contributed by atoms with Gasteiger partial charge < -0.3 is 5.32 Å². The molecule has 0 atom stereocenters. The molecule has 1 aliphatic rings. The molecular weight excluding hydrogens is 298 g/mol. The number of thiazole rings is 1. The highest BCUT2D eigenvalue weighted by molar-refractivity contribution is 7.17. The number of carbonyl (C=O) groups excluding carboxylic acids is 1. The second-order valence-electron chi connectivity index (χ2n) is 4.81. The van der Waals surface area contributed by atoms with Crippen LogP contribution in [0.15, 0.2) is 24.4 Å². The van der Waals surface area contributed by atoms with Gasteiger partial charge in [-0.3, -0.25) is 10.2 Å². The summed E-state index contributed by atoms with van der Waals surface area (Å²) in [5, 5.41) is 3.46. The minimum atomic E-state index is -0.788. The lowest BCUT2D eigenvalue weighted by Crippen LogP contribution is -2.29. The number of carbonyl (C=O) groups is 1. The largest absolute Gasteiger partial charge is 0.352 e. The van der Waals surface area contributed by atoms with E-state index >= 15 is 0 Å². The Balaban J connectivity index is 1.87. The molecule has 1 aromatic heterocycles. The monoisotopic (exact) mass is 310 g/mol. The van der Waals surface area contributed by atoms with Crippen LogP contribution in [0.1, 0.15) is 28.1 Å². The van der Waals surface area contributed by atoms with E-state index in [0.717, 1.165) is 11.3 Å². The third-order valence-electron chi connectivity index (χ3n) is 3.40. The van der Waals surface area contributed by atoms with E-state index < -0.39 is 23.1 Å². The van der Waals surface area contributed by atoms with Crippen LogP contribution in [0.5, 0.6) is 0 Å². The van der Waals surface area contributed by atoms with E-state index in [1.165, 1.54) is 24.4 Å². The molecule has 1 fully saturated rings. The Kier molecular flexibility index (Phi) is 3.34. The molecule has 21 heavy (non-hydrogen) atoms. The van der Waals surface area contributed by atoms with E-state index in [9.17, 15) is 13.6 Å². The first-order valence-corrected chi connectivity index (χ1v) is 7.07. The number of benzene rings is 1. The Morgan fingerprint density at radius 1 is 1.33 bits per heavy atom. The van der Waals surface area contributed by atoms with Gasteiger partial charge in [0.25, 0.3) is 5.91 Å². The third kappa shape index (κ3) is 2.47. The van der Waals surface area contributed by atoms with Crippen molar-refractivity contribution in [2.24, 2.45) is 5.84 Å². The van der Waals surface area contributed by atoms with Gasteiger partial charge in [-0.05, 0) is 25.0 Å². The quantitative estimate of drug-likeness (QED) is 0.459. The van der Waals surface area contributed by atoms with Crippen molar-refractivity contribution in [3.63, 3.8) is 0 Å². The minimum Gasteiger partial charge on any atom is -0.352 e. The van der Waals surface area contributed by atoms with Gasteiger partial charge in [-0.1, -0.05) is 17.4 Å². The van der Waals surface area contributed by atoms with Crippen LogP contribution in [0.2, 0.25) is 0 Å². The van der Waals surface area contributed by atoms with Crippen molar-refractivity contribution in [3.05, 3.63) is 46.5 Å². The van der Waals surface area contributed by atoms with E-state index in [1.54, 1.807) is 0 Å². The third-order valence-corrected chi connectivity index (χ3v) is 4.31. The van der Waals surface area contributed by atoms with Crippen molar-refractivity contribution in [1.82, 2.24) is 10.4 Å². The summed E-state index contributed by atoms with van der Waals surface area (Å²) in [5.74, 6) is 3.41. The van der Waals surface area contributed by atoms with Crippen LogP contribution in [0.4, 0.5) is 13.9 Å². The molecule has 0 spiro atoms. The first kappa shape index (κ1) is 13.9. The van der Waals surface area contributed by atoms with Crippen LogP contribution >= 0.6 is 11.3 Å². The van der Waals surface area contributed by atoms with Crippen LogP contribution in [0.3, 0.4) is 0 Å². The zero-order valence-electron chi connectivity index (χ0n) is 10.8. The van der Waals surface area contributed by atoms with E-state index in [2.05, 4.69) is 10.3 Å². The molecule has 1 amide bonds. The number of hydrogen-bond donors (Lipinski definition) is 3. The van der Waals surface area contributed by atoms with Gasteiger partial charge in [0.2, 0.25) is 0 Å². The summed E-state index contributed by atoms with van der Waals surface area (Å²) in [6.45, 7) is 0. The van der Waals surface area contributed by atoms with Crippen molar-refractivity contribution >= 4 is 22.4 Å². The normalized spacial score (nSPS) is 15.6. The molecule has 0 aliphatic heterocycles. The second kappa shape index (κ2) is 5.05. The number of amides is 1. The molecule has 0 saturated heterocycles. The van der Waals surface area contributed by atoms with Gasteiger partial charge in [0.15, 0.2) is 5.13 Å². The molecule has 1 aromatic carbocycles. The number of nitrogens with one attached hydrogen (secondary N) is 2. The predicted molar refractivity (Wildman–Crippen MR) is 74.7 cm³/mol. The van der Waals surface area contributed by atoms with Crippen molar-refractivity contribution in [3.8, 4) is 0 Å². The maximum absolute atomic E-state index is 13.9. The second-order valence-corrected chi connectivity index (χ2v) is 5.84. The first-order valence-electron chi connectivity index (χ1n) is 6.25. The van der Waals surface area contributed by atoms with E-state index in [4.69, 9.17) is 5.84 Å². The summed E-state index contributed by atoms with van der Waals surface area (Å²) >= 11 is 1.08. The summed E-state index contributed by atoms with van der Waals surface area (Å²) in [6.07, 6.45) is 2.56. The average molecular weight is 310 g/mol. The molecular formula is C13H12F2N4OS. The Bertz CT molecular complexity index is 679. The molecule has 0 bridgehead atoms. The maximum Gasteiger partial charge on any atom is 0.276 e. The Morgan fingerprint density at radius 2 is 2.00 bits per heavy atom. The Hall–Kier alpha value is -2.06. The smallest absolute Gasteiger partial charge is 0.276 e. The van der Waals surface area contributed by atoms with Gasteiger partial charge >= 0.3 is 0 Å². The fraction of sp³-hybridized carbons (Fsp3) is 0.231. The van der Waals surface area contributed by atoms with Crippen LogP contribution in [0.25, 0.3) is 0 Å². The molecule has 3 rings (SSSR count). The molecule has 5 nitrogen and oxygen atoms in total. The highest BCUT2D eigenvalue weighted by Gasteiger charge is 2.48. The summed E-state index contributed by atoms with van der Waals surface area (Å²) in [5.41, 5.74) is 1.24. The van der Waals surface area contributed by atoms with Crippen LogP contribution in [-0.2, 0) is 5.54 Å². The van der Waals surface area contributed by atoms with Crippen molar-refractivity contribution < 1.29 is 13.6 Å². The van der Waals surface area contributed by atoms with Crippen LogP contribution < -0.4 is 16.6 Å². The van der Waals surface area contributed by atoms with Crippen molar-refractivity contribution in [2.45, 2.75) is 18.4 Å². The van der Waals surface area contributed by atoms with E-state index in [-0.39, 0.29) is 5.56 Å². The number of anilines is 1. The standard InChI is InChI=1S/C13H12F2N4OS/c14-7-2-1-3-8(15)10(7)13(4-5-13)18-12-17-6-9(21-12)11(20)19-16/h1-3,6H,4-5,16H2,(H,17,18)(H,19,20). The van der Waals surface area contributed by atoms with Gasteiger partial charge in [0.1, 0.15) is 16.5 Å². The Labute approximate surface area is 123 Å². The maximum atomic E-state index is 13.9. The summed E-state index contributed by atoms with van der Waals surface area (Å²) in [6, 6.07) is 3.79. The molecule has 4 N–H and O–H groups in total. The van der Waals surface area contributed by atoms with Gasteiger partial charge in [0.05, 0.1) is 11.7 Å². The number of hydrogen-bond acceptors (Lipinski definition) is 5. The number of rotatable bonds is 4.